The molecule has 0 aliphatic heterocycles. The van der Waals surface area contributed by atoms with Gasteiger partial charge in [-0.3, -0.25) is 4.79 Å². The third-order valence-electron chi connectivity index (χ3n) is 1.95. The molecule has 3 heteroatoms. The molecule has 0 radical (unpaired) electrons. The summed E-state index contributed by atoms with van der Waals surface area (Å²) in [5.41, 5.74) is 2.06. The van der Waals surface area contributed by atoms with Crippen molar-refractivity contribution in [2.75, 3.05) is 5.32 Å². The molecule has 1 rings (SSSR count). The van der Waals surface area contributed by atoms with E-state index in [0.29, 0.717) is 0 Å². The predicted molar refractivity (Wildman–Crippen MR) is 67.4 cm³/mol. The van der Waals surface area contributed by atoms with E-state index in [1.165, 1.54) is 9.13 Å². The lowest BCUT2D eigenvalue weighted by Gasteiger charge is -2.08. The van der Waals surface area contributed by atoms with E-state index >= 15 is 0 Å². The molecule has 14 heavy (non-hydrogen) atoms. The number of halogens is 1. The van der Waals surface area contributed by atoms with Gasteiger partial charge in [-0.1, -0.05) is 13.8 Å². The van der Waals surface area contributed by atoms with Crippen molar-refractivity contribution >= 4 is 34.2 Å². The van der Waals surface area contributed by atoms with E-state index in [1.807, 2.05) is 39.0 Å². The van der Waals surface area contributed by atoms with Gasteiger partial charge in [0.15, 0.2) is 0 Å². The Labute approximate surface area is 98.2 Å². The van der Waals surface area contributed by atoms with Gasteiger partial charge in [0, 0.05) is 15.2 Å². The summed E-state index contributed by atoms with van der Waals surface area (Å²) in [7, 11) is 0. The molecule has 0 spiro atoms. The molecular formula is C11H14INO. The second-order valence-electron chi connectivity index (χ2n) is 3.61. The highest BCUT2D eigenvalue weighted by atomic mass is 127. The highest BCUT2D eigenvalue weighted by Crippen LogP contribution is 2.17. The minimum Gasteiger partial charge on any atom is -0.326 e. The van der Waals surface area contributed by atoms with Crippen LogP contribution in [0.4, 0.5) is 5.69 Å². The van der Waals surface area contributed by atoms with E-state index in [-0.39, 0.29) is 11.8 Å². The second-order valence-corrected chi connectivity index (χ2v) is 4.77. The van der Waals surface area contributed by atoms with Gasteiger partial charge < -0.3 is 5.32 Å². The molecule has 0 atom stereocenters. The average Bonchev–Trinajstić information content (AvgIpc) is 2.11. The van der Waals surface area contributed by atoms with E-state index in [1.54, 1.807) is 0 Å². The zero-order valence-electron chi connectivity index (χ0n) is 8.60. The Hall–Kier alpha value is -0.580. The van der Waals surface area contributed by atoms with E-state index < -0.39 is 0 Å². The fraction of sp³-hybridized carbons (Fsp3) is 0.364. The van der Waals surface area contributed by atoms with Crippen LogP contribution in [0.1, 0.15) is 19.4 Å². The second kappa shape index (κ2) is 4.77. The number of amides is 1. The van der Waals surface area contributed by atoms with Gasteiger partial charge in [0.2, 0.25) is 5.91 Å². The number of aryl methyl sites for hydroxylation is 1. The average molecular weight is 303 g/mol. The lowest BCUT2D eigenvalue weighted by Crippen LogP contribution is -2.17. The van der Waals surface area contributed by atoms with Crippen LogP contribution >= 0.6 is 22.6 Å². The van der Waals surface area contributed by atoms with Crippen molar-refractivity contribution in [1.29, 1.82) is 0 Å². The summed E-state index contributed by atoms with van der Waals surface area (Å²) in [6.45, 7) is 5.80. The van der Waals surface area contributed by atoms with Crippen LogP contribution in [-0.4, -0.2) is 5.91 Å². The van der Waals surface area contributed by atoms with Crippen LogP contribution in [0.3, 0.4) is 0 Å². The molecule has 2 nitrogen and oxygen atoms in total. The number of carbonyl (C=O) groups excluding carboxylic acids is 1. The number of hydrogen-bond donors (Lipinski definition) is 1. The molecule has 0 aromatic heterocycles. The van der Waals surface area contributed by atoms with Crippen LogP contribution in [0.2, 0.25) is 0 Å². The molecule has 1 aromatic rings. The standard InChI is InChI=1S/C11H14INO/c1-7(2)11(14)13-9-4-5-10(12)8(3)6-9/h4-7H,1-3H3,(H,13,14). The number of anilines is 1. The first-order valence-electron chi connectivity index (χ1n) is 4.57. The van der Waals surface area contributed by atoms with Crippen molar-refractivity contribution in [3.63, 3.8) is 0 Å². The Morgan fingerprint density at radius 2 is 2.07 bits per heavy atom. The maximum atomic E-state index is 11.4. The predicted octanol–water partition coefficient (Wildman–Crippen LogP) is 3.19. The molecule has 1 aromatic carbocycles. The van der Waals surface area contributed by atoms with E-state index in [0.717, 1.165) is 5.69 Å². The third kappa shape index (κ3) is 2.97. The van der Waals surface area contributed by atoms with Crippen LogP contribution in [0.5, 0.6) is 0 Å². The largest absolute Gasteiger partial charge is 0.326 e. The summed E-state index contributed by atoms with van der Waals surface area (Å²) >= 11 is 2.28. The van der Waals surface area contributed by atoms with E-state index in [4.69, 9.17) is 0 Å². The molecule has 0 saturated heterocycles. The van der Waals surface area contributed by atoms with Crippen molar-refractivity contribution in [1.82, 2.24) is 0 Å². The van der Waals surface area contributed by atoms with Gasteiger partial charge in [-0.05, 0) is 53.3 Å². The van der Waals surface area contributed by atoms with Gasteiger partial charge in [-0.25, -0.2) is 0 Å². The maximum Gasteiger partial charge on any atom is 0.226 e. The fourth-order valence-corrected chi connectivity index (χ4v) is 1.34. The highest BCUT2D eigenvalue weighted by molar-refractivity contribution is 14.1. The van der Waals surface area contributed by atoms with Crippen LogP contribution < -0.4 is 5.32 Å². The SMILES string of the molecule is Cc1cc(NC(=O)C(C)C)ccc1I. The van der Waals surface area contributed by atoms with Gasteiger partial charge in [0.25, 0.3) is 0 Å². The van der Waals surface area contributed by atoms with Crippen molar-refractivity contribution in [2.45, 2.75) is 20.8 Å². The maximum absolute atomic E-state index is 11.4. The Kier molecular flexibility index (Phi) is 3.92. The Morgan fingerprint density at radius 1 is 1.43 bits per heavy atom. The number of rotatable bonds is 2. The van der Waals surface area contributed by atoms with Gasteiger partial charge in [-0.2, -0.15) is 0 Å². The van der Waals surface area contributed by atoms with Crippen LogP contribution in [0.25, 0.3) is 0 Å². The number of carbonyl (C=O) groups is 1. The van der Waals surface area contributed by atoms with Crippen molar-refractivity contribution in [3.05, 3.63) is 27.3 Å². The van der Waals surface area contributed by atoms with Crippen molar-refractivity contribution in [2.24, 2.45) is 5.92 Å². The first-order valence-corrected chi connectivity index (χ1v) is 5.65. The van der Waals surface area contributed by atoms with E-state index in [2.05, 4.69) is 27.9 Å². The molecule has 0 aliphatic carbocycles. The zero-order valence-corrected chi connectivity index (χ0v) is 10.8. The summed E-state index contributed by atoms with van der Waals surface area (Å²) in [5, 5.41) is 2.87. The summed E-state index contributed by atoms with van der Waals surface area (Å²) in [4.78, 5) is 11.4. The quantitative estimate of drug-likeness (QED) is 0.835. The molecule has 1 amide bonds. The molecule has 0 aliphatic rings. The Morgan fingerprint density at radius 3 is 2.57 bits per heavy atom. The van der Waals surface area contributed by atoms with E-state index in [9.17, 15) is 4.79 Å². The molecule has 0 fully saturated rings. The normalized spacial score (nSPS) is 10.4. The zero-order chi connectivity index (χ0) is 10.7. The van der Waals surface area contributed by atoms with Crippen LogP contribution in [-0.2, 0) is 4.79 Å². The molecule has 0 heterocycles. The third-order valence-corrected chi connectivity index (χ3v) is 3.16. The molecule has 1 N–H and O–H groups in total. The van der Waals surface area contributed by atoms with Crippen LogP contribution in [0.15, 0.2) is 18.2 Å². The monoisotopic (exact) mass is 303 g/mol. The lowest BCUT2D eigenvalue weighted by atomic mass is 10.2. The summed E-state index contributed by atoms with van der Waals surface area (Å²) in [6.07, 6.45) is 0. The van der Waals surface area contributed by atoms with Gasteiger partial charge >= 0.3 is 0 Å². The van der Waals surface area contributed by atoms with Crippen molar-refractivity contribution in [3.8, 4) is 0 Å². The summed E-state index contributed by atoms with van der Waals surface area (Å²) < 4.78 is 1.21. The number of benzene rings is 1. The Balaban J connectivity index is 2.78. The van der Waals surface area contributed by atoms with Gasteiger partial charge in [0.05, 0.1) is 0 Å². The number of nitrogens with one attached hydrogen (secondary N) is 1. The summed E-state index contributed by atoms with van der Waals surface area (Å²) in [5.74, 6) is 0.0835. The molecule has 0 saturated carbocycles. The number of hydrogen-bond acceptors (Lipinski definition) is 1. The smallest absolute Gasteiger partial charge is 0.226 e. The fourth-order valence-electron chi connectivity index (χ4n) is 1.01. The minimum absolute atomic E-state index is 0.0228. The Bertz CT molecular complexity index is 347. The molecule has 0 bridgehead atoms. The van der Waals surface area contributed by atoms with Crippen molar-refractivity contribution < 1.29 is 4.79 Å². The van der Waals surface area contributed by atoms with Crippen LogP contribution in [0, 0.1) is 16.4 Å². The first-order chi connectivity index (χ1) is 6.50. The molecule has 76 valence electrons. The van der Waals surface area contributed by atoms with Gasteiger partial charge in [-0.15, -0.1) is 0 Å². The highest BCUT2D eigenvalue weighted by Gasteiger charge is 2.07. The van der Waals surface area contributed by atoms with Gasteiger partial charge in [0.1, 0.15) is 0 Å². The first kappa shape index (κ1) is 11.5. The minimum atomic E-state index is 0.0228. The summed E-state index contributed by atoms with van der Waals surface area (Å²) in [6, 6.07) is 5.92. The molecular weight excluding hydrogens is 289 g/mol. The lowest BCUT2D eigenvalue weighted by molar-refractivity contribution is -0.118. The topological polar surface area (TPSA) is 29.1 Å². The molecule has 0 unspecified atom stereocenters.